The van der Waals surface area contributed by atoms with Gasteiger partial charge in [0.25, 0.3) is 0 Å². The first-order valence-electron chi connectivity index (χ1n) is 8.87. The van der Waals surface area contributed by atoms with Gasteiger partial charge in [-0.05, 0) is 35.9 Å². The van der Waals surface area contributed by atoms with Crippen LogP contribution in [0.3, 0.4) is 0 Å². The Balaban J connectivity index is 1.32. The molecule has 138 valence electrons. The van der Waals surface area contributed by atoms with Crippen LogP contribution in [0.25, 0.3) is 0 Å². The van der Waals surface area contributed by atoms with Crippen LogP contribution in [0.5, 0.6) is 17.2 Å². The third-order valence-electron chi connectivity index (χ3n) is 4.94. The van der Waals surface area contributed by atoms with Gasteiger partial charge >= 0.3 is 0 Å². The zero-order chi connectivity index (χ0) is 17.9. The highest BCUT2D eigenvalue weighted by Gasteiger charge is 2.20. The molecule has 0 bridgehead atoms. The van der Waals surface area contributed by atoms with Crippen molar-refractivity contribution < 1.29 is 14.2 Å². The molecule has 0 unspecified atom stereocenters. The second-order valence-electron chi connectivity index (χ2n) is 6.70. The van der Waals surface area contributed by atoms with E-state index in [4.69, 9.17) is 14.2 Å². The number of halogens is 1. The van der Waals surface area contributed by atoms with Gasteiger partial charge < -0.3 is 14.2 Å². The lowest BCUT2D eigenvalue weighted by molar-refractivity contribution is 0.121. The van der Waals surface area contributed by atoms with Crippen LogP contribution in [-0.2, 0) is 13.1 Å². The topological polar surface area (TPSA) is 34.2 Å². The van der Waals surface area contributed by atoms with E-state index in [1.165, 1.54) is 11.1 Å². The fourth-order valence-corrected chi connectivity index (χ4v) is 3.92. The highest BCUT2D eigenvalue weighted by molar-refractivity contribution is 9.10. The summed E-state index contributed by atoms with van der Waals surface area (Å²) in [6.45, 7) is 6.43. The molecule has 1 fully saturated rings. The normalized spacial score (nSPS) is 17.5. The van der Waals surface area contributed by atoms with Crippen LogP contribution in [-0.4, -0.2) is 49.9 Å². The van der Waals surface area contributed by atoms with Gasteiger partial charge in [0, 0.05) is 49.3 Å². The van der Waals surface area contributed by atoms with E-state index >= 15 is 0 Å². The maximum Gasteiger partial charge on any atom is 0.231 e. The Morgan fingerprint density at radius 1 is 0.923 bits per heavy atom. The van der Waals surface area contributed by atoms with Gasteiger partial charge in [-0.3, -0.25) is 9.80 Å². The molecule has 2 aromatic carbocycles. The number of methoxy groups -OCH3 is 1. The van der Waals surface area contributed by atoms with Crippen molar-refractivity contribution in [2.45, 2.75) is 13.1 Å². The Bertz CT molecular complexity index is 776. The van der Waals surface area contributed by atoms with Crippen LogP contribution in [0, 0.1) is 0 Å². The van der Waals surface area contributed by atoms with Crippen molar-refractivity contribution in [1.29, 1.82) is 0 Å². The smallest absolute Gasteiger partial charge is 0.231 e. The fourth-order valence-electron chi connectivity index (χ4n) is 3.51. The van der Waals surface area contributed by atoms with Gasteiger partial charge in [-0.25, -0.2) is 0 Å². The van der Waals surface area contributed by atoms with Gasteiger partial charge in [0.15, 0.2) is 11.5 Å². The average Bonchev–Trinajstić information content (AvgIpc) is 3.11. The largest absolute Gasteiger partial charge is 0.496 e. The molecule has 5 nitrogen and oxygen atoms in total. The molecule has 0 saturated carbocycles. The lowest BCUT2D eigenvalue weighted by Gasteiger charge is -2.35. The van der Waals surface area contributed by atoms with Crippen LogP contribution >= 0.6 is 15.9 Å². The molecule has 2 aliphatic heterocycles. The second kappa shape index (κ2) is 7.86. The molecule has 2 aromatic rings. The molecule has 0 atom stereocenters. The molecule has 0 N–H and O–H groups in total. The Morgan fingerprint density at radius 3 is 2.42 bits per heavy atom. The number of fused-ring (bicyclic) bond motifs is 1. The first-order valence-corrected chi connectivity index (χ1v) is 9.66. The van der Waals surface area contributed by atoms with E-state index in [1.54, 1.807) is 7.11 Å². The summed E-state index contributed by atoms with van der Waals surface area (Å²) in [5.41, 5.74) is 2.50. The van der Waals surface area contributed by atoms with Crippen LogP contribution < -0.4 is 14.2 Å². The number of ether oxygens (including phenoxy) is 3. The molecule has 0 amide bonds. The van der Waals surface area contributed by atoms with Gasteiger partial charge in [-0.2, -0.15) is 0 Å². The Morgan fingerprint density at radius 2 is 1.65 bits per heavy atom. The Hall–Kier alpha value is -1.76. The maximum absolute atomic E-state index is 5.50. The summed E-state index contributed by atoms with van der Waals surface area (Å²) < 4.78 is 17.5. The van der Waals surface area contributed by atoms with Crippen molar-refractivity contribution in [1.82, 2.24) is 9.80 Å². The molecule has 2 aliphatic rings. The van der Waals surface area contributed by atoms with Crippen LogP contribution in [0.15, 0.2) is 40.9 Å². The van der Waals surface area contributed by atoms with Crippen molar-refractivity contribution in [2.75, 3.05) is 40.1 Å². The summed E-state index contributed by atoms with van der Waals surface area (Å²) in [6, 6.07) is 12.4. The maximum atomic E-state index is 5.50. The standard InChI is InChI=1S/C20H23BrN2O3/c1-24-18-5-3-17(21)11-16(18)13-23-8-6-22(7-9-23)12-15-2-4-19-20(10-15)26-14-25-19/h2-5,10-11H,6-9,12-14H2,1H3. The number of rotatable bonds is 5. The molecular weight excluding hydrogens is 396 g/mol. The SMILES string of the molecule is COc1ccc(Br)cc1CN1CCN(Cc2ccc3c(c2)OCO3)CC1. The zero-order valence-electron chi connectivity index (χ0n) is 14.9. The summed E-state index contributed by atoms with van der Waals surface area (Å²) in [7, 11) is 1.73. The number of hydrogen-bond acceptors (Lipinski definition) is 5. The fraction of sp³-hybridized carbons (Fsp3) is 0.400. The zero-order valence-corrected chi connectivity index (χ0v) is 16.5. The summed E-state index contributed by atoms with van der Waals surface area (Å²) >= 11 is 3.56. The molecule has 26 heavy (non-hydrogen) atoms. The molecule has 0 aliphatic carbocycles. The lowest BCUT2D eigenvalue weighted by atomic mass is 10.1. The number of piperazine rings is 1. The van der Waals surface area contributed by atoms with Gasteiger partial charge in [-0.15, -0.1) is 0 Å². The first-order chi connectivity index (χ1) is 12.7. The van der Waals surface area contributed by atoms with Gasteiger partial charge in [0.1, 0.15) is 5.75 Å². The molecule has 4 rings (SSSR count). The second-order valence-corrected chi connectivity index (χ2v) is 7.61. The van der Waals surface area contributed by atoms with Crippen molar-refractivity contribution in [3.05, 3.63) is 52.0 Å². The molecule has 1 saturated heterocycles. The highest BCUT2D eigenvalue weighted by atomic mass is 79.9. The summed E-state index contributed by atoms with van der Waals surface area (Å²) in [5.74, 6) is 2.67. The summed E-state index contributed by atoms with van der Waals surface area (Å²) in [5, 5.41) is 0. The van der Waals surface area contributed by atoms with E-state index in [0.717, 1.165) is 61.0 Å². The quantitative estimate of drug-likeness (QED) is 0.741. The van der Waals surface area contributed by atoms with Crippen molar-refractivity contribution >= 4 is 15.9 Å². The monoisotopic (exact) mass is 418 g/mol. The average molecular weight is 419 g/mol. The highest BCUT2D eigenvalue weighted by Crippen LogP contribution is 2.33. The van der Waals surface area contributed by atoms with Gasteiger partial charge in [0.2, 0.25) is 6.79 Å². The van der Waals surface area contributed by atoms with E-state index in [1.807, 2.05) is 18.2 Å². The van der Waals surface area contributed by atoms with E-state index in [2.05, 4.69) is 43.9 Å². The van der Waals surface area contributed by atoms with Crippen molar-refractivity contribution in [3.8, 4) is 17.2 Å². The number of hydrogen-bond donors (Lipinski definition) is 0. The summed E-state index contributed by atoms with van der Waals surface area (Å²) in [4.78, 5) is 4.98. The van der Waals surface area contributed by atoms with Crippen LogP contribution in [0.4, 0.5) is 0 Å². The van der Waals surface area contributed by atoms with Gasteiger partial charge in [-0.1, -0.05) is 22.0 Å². The minimum absolute atomic E-state index is 0.330. The molecule has 0 radical (unpaired) electrons. The molecular formula is C20H23BrN2O3. The first kappa shape index (κ1) is 17.6. The minimum Gasteiger partial charge on any atom is -0.496 e. The molecule has 0 spiro atoms. The third kappa shape index (κ3) is 3.98. The number of benzene rings is 2. The van der Waals surface area contributed by atoms with Crippen LogP contribution in [0.2, 0.25) is 0 Å². The minimum atomic E-state index is 0.330. The van der Waals surface area contributed by atoms with E-state index < -0.39 is 0 Å². The Labute approximate surface area is 162 Å². The van der Waals surface area contributed by atoms with Crippen molar-refractivity contribution in [2.24, 2.45) is 0 Å². The molecule has 0 aromatic heterocycles. The van der Waals surface area contributed by atoms with E-state index in [-0.39, 0.29) is 0 Å². The van der Waals surface area contributed by atoms with Crippen LogP contribution in [0.1, 0.15) is 11.1 Å². The number of nitrogens with zero attached hydrogens (tertiary/aromatic N) is 2. The molecule has 2 heterocycles. The Kier molecular flexibility index (Phi) is 5.33. The van der Waals surface area contributed by atoms with E-state index in [0.29, 0.717) is 6.79 Å². The molecule has 6 heteroatoms. The predicted molar refractivity (Wildman–Crippen MR) is 104 cm³/mol. The van der Waals surface area contributed by atoms with Gasteiger partial charge in [0.05, 0.1) is 7.11 Å². The van der Waals surface area contributed by atoms with E-state index in [9.17, 15) is 0 Å². The third-order valence-corrected chi connectivity index (χ3v) is 5.44. The van der Waals surface area contributed by atoms with Crippen molar-refractivity contribution in [3.63, 3.8) is 0 Å². The predicted octanol–water partition coefficient (Wildman–Crippen LogP) is 3.50. The lowest BCUT2D eigenvalue weighted by Crippen LogP contribution is -2.45. The summed E-state index contributed by atoms with van der Waals surface area (Å²) in [6.07, 6.45) is 0.